The Morgan fingerprint density at radius 3 is 3.00 bits per heavy atom. The molecule has 1 spiro atoms. The van der Waals surface area contributed by atoms with E-state index in [-0.39, 0.29) is 11.7 Å². The Kier molecular flexibility index (Phi) is 3.98. The summed E-state index contributed by atoms with van der Waals surface area (Å²) >= 11 is 9.45. The van der Waals surface area contributed by atoms with E-state index in [0.29, 0.717) is 17.5 Å². The van der Waals surface area contributed by atoms with Crippen molar-refractivity contribution in [2.24, 2.45) is 0 Å². The van der Waals surface area contributed by atoms with E-state index in [2.05, 4.69) is 26.2 Å². The number of ether oxygens (including phenoxy) is 2. The smallest absolute Gasteiger partial charge is 0.232 e. The van der Waals surface area contributed by atoms with Crippen molar-refractivity contribution < 1.29 is 9.47 Å². The zero-order valence-electron chi connectivity index (χ0n) is 10.5. The van der Waals surface area contributed by atoms with E-state index in [4.69, 9.17) is 21.1 Å². The van der Waals surface area contributed by atoms with E-state index in [1.54, 1.807) is 12.3 Å². The fourth-order valence-electron chi connectivity index (χ4n) is 2.76. The van der Waals surface area contributed by atoms with Crippen LogP contribution in [0.1, 0.15) is 19.3 Å². The van der Waals surface area contributed by atoms with E-state index in [0.717, 1.165) is 36.8 Å². The van der Waals surface area contributed by atoms with Crippen molar-refractivity contribution in [3.8, 4) is 5.88 Å². The summed E-state index contributed by atoms with van der Waals surface area (Å²) in [4.78, 5) is 4.21. The summed E-state index contributed by atoms with van der Waals surface area (Å²) < 4.78 is 12.7. The van der Waals surface area contributed by atoms with E-state index in [1.165, 1.54) is 0 Å². The molecule has 2 aliphatic rings. The molecule has 1 aromatic rings. The number of halogens is 2. The Balaban J connectivity index is 1.65. The van der Waals surface area contributed by atoms with Crippen molar-refractivity contribution in [1.82, 2.24) is 10.3 Å². The molecular weight excluding hydrogens is 332 g/mol. The molecule has 6 heteroatoms. The standard InChI is InChI=1S/C13H16BrClN2O2/c14-9-5-11(15)12(17-7-9)19-10-6-13(18-8-10)1-3-16-4-2-13/h5,7,10,16H,1-4,6,8H2. The van der Waals surface area contributed by atoms with Crippen molar-refractivity contribution >= 4 is 27.5 Å². The molecule has 104 valence electrons. The van der Waals surface area contributed by atoms with Gasteiger partial charge in [-0.05, 0) is 47.9 Å². The number of hydrogen-bond acceptors (Lipinski definition) is 4. The first-order chi connectivity index (χ1) is 9.17. The van der Waals surface area contributed by atoms with Gasteiger partial charge in [0.05, 0.1) is 12.2 Å². The molecule has 0 radical (unpaired) electrons. The molecule has 1 aromatic heterocycles. The zero-order chi connectivity index (χ0) is 13.3. The van der Waals surface area contributed by atoms with Crippen LogP contribution in [0.25, 0.3) is 0 Å². The lowest BCUT2D eigenvalue weighted by atomic mass is 9.89. The number of pyridine rings is 1. The van der Waals surface area contributed by atoms with Crippen molar-refractivity contribution in [2.45, 2.75) is 31.0 Å². The second kappa shape index (κ2) is 5.56. The summed E-state index contributed by atoms with van der Waals surface area (Å²) in [5.74, 6) is 0.490. The Morgan fingerprint density at radius 1 is 1.47 bits per heavy atom. The molecule has 1 unspecified atom stereocenters. The third-order valence-corrected chi connectivity index (χ3v) is 4.45. The average Bonchev–Trinajstić information content (AvgIpc) is 2.77. The molecule has 4 nitrogen and oxygen atoms in total. The van der Waals surface area contributed by atoms with Crippen LogP contribution in [0.15, 0.2) is 16.7 Å². The van der Waals surface area contributed by atoms with Crippen LogP contribution in [0, 0.1) is 0 Å². The lowest BCUT2D eigenvalue weighted by Gasteiger charge is -2.32. The minimum atomic E-state index is -0.00223. The van der Waals surface area contributed by atoms with Gasteiger partial charge in [0.1, 0.15) is 11.1 Å². The molecule has 1 N–H and O–H groups in total. The summed E-state index contributed by atoms with van der Waals surface area (Å²) in [6, 6.07) is 1.79. The van der Waals surface area contributed by atoms with Crippen LogP contribution in [-0.2, 0) is 4.74 Å². The first-order valence-electron chi connectivity index (χ1n) is 6.49. The fourth-order valence-corrected chi connectivity index (χ4v) is 3.43. The Hall–Kier alpha value is -0.360. The molecule has 0 bridgehead atoms. The first-order valence-corrected chi connectivity index (χ1v) is 7.66. The van der Waals surface area contributed by atoms with E-state index in [1.807, 2.05) is 0 Å². The fraction of sp³-hybridized carbons (Fsp3) is 0.615. The van der Waals surface area contributed by atoms with Crippen LogP contribution in [0.5, 0.6) is 5.88 Å². The summed E-state index contributed by atoms with van der Waals surface area (Å²) in [6.07, 6.45) is 4.76. The van der Waals surface area contributed by atoms with Crippen LogP contribution >= 0.6 is 27.5 Å². The topological polar surface area (TPSA) is 43.4 Å². The number of aromatic nitrogens is 1. The van der Waals surface area contributed by atoms with Gasteiger partial charge in [-0.15, -0.1) is 0 Å². The maximum absolute atomic E-state index is 6.12. The second-order valence-electron chi connectivity index (χ2n) is 5.13. The highest BCUT2D eigenvalue weighted by Crippen LogP contribution is 2.36. The molecule has 1 atom stereocenters. The third kappa shape index (κ3) is 3.05. The molecule has 0 saturated carbocycles. The molecular formula is C13H16BrClN2O2. The molecule has 2 saturated heterocycles. The third-order valence-electron chi connectivity index (χ3n) is 3.74. The van der Waals surface area contributed by atoms with Crippen molar-refractivity contribution in [3.05, 3.63) is 21.8 Å². The summed E-state index contributed by atoms with van der Waals surface area (Å²) in [5.41, 5.74) is -0.00223. The van der Waals surface area contributed by atoms with Gasteiger partial charge in [-0.25, -0.2) is 4.98 Å². The average molecular weight is 348 g/mol. The number of nitrogens with zero attached hydrogens (tertiary/aromatic N) is 1. The largest absolute Gasteiger partial charge is 0.471 e. The van der Waals surface area contributed by atoms with Crippen LogP contribution < -0.4 is 10.1 Å². The predicted octanol–water partition coefficient (Wildman–Crippen LogP) is 2.79. The number of piperidine rings is 1. The normalized spacial score (nSPS) is 25.7. The summed E-state index contributed by atoms with van der Waals surface area (Å²) in [6.45, 7) is 2.65. The van der Waals surface area contributed by atoms with Gasteiger partial charge in [0.25, 0.3) is 0 Å². The highest BCUT2D eigenvalue weighted by atomic mass is 79.9. The van der Waals surface area contributed by atoms with Crippen molar-refractivity contribution in [3.63, 3.8) is 0 Å². The Bertz CT molecular complexity index is 466. The summed E-state index contributed by atoms with van der Waals surface area (Å²) in [7, 11) is 0. The van der Waals surface area contributed by atoms with Gasteiger partial charge >= 0.3 is 0 Å². The minimum absolute atomic E-state index is 0.00223. The quantitative estimate of drug-likeness (QED) is 0.893. The minimum Gasteiger partial charge on any atom is -0.471 e. The Labute approximate surface area is 126 Å². The second-order valence-corrected chi connectivity index (χ2v) is 6.45. The van der Waals surface area contributed by atoms with Crippen molar-refractivity contribution in [1.29, 1.82) is 0 Å². The van der Waals surface area contributed by atoms with E-state index < -0.39 is 0 Å². The van der Waals surface area contributed by atoms with Gasteiger partial charge in [-0.3, -0.25) is 0 Å². The molecule has 0 aromatic carbocycles. The predicted molar refractivity (Wildman–Crippen MR) is 76.8 cm³/mol. The first kappa shape index (κ1) is 13.6. The SMILES string of the molecule is Clc1cc(Br)cnc1OC1COC2(CCNCC2)C1. The lowest BCUT2D eigenvalue weighted by molar-refractivity contribution is -0.0205. The zero-order valence-corrected chi connectivity index (χ0v) is 12.8. The maximum atomic E-state index is 6.12. The molecule has 2 aliphatic heterocycles. The molecule has 3 rings (SSSR count). The summed E-state index contributed by atoms with van der Waals surface area (Å²) in [5, 5.41) is 3.88. The van der Waals surface area contributed by atoms with Crippen LogP contribution in [0.4, 0.5) is 0 Å². The van der Waals surface area contributed by atoms with Crippen LogP contribution in [0.3, 0.4) is 0 Å². The molecule has 0 amide bonds. The van der Waals surface area contributed by atoms with Gasteiger partial charge in [0, 0.05) is 17.1 Å². The van der Waals surface area contributed by atoms with Gasteiger partial charge < -0.3 is 14.8 Å². The Morgan fingerprint density at radius 2 is 2.26 bits per heavy atom. The molecule has 0 aliphatic carbocycles. The molecule has 3 heterocycles. The maximum Gasteiger partial charge on any atom is 0.232 e. The monoisotopic (exact) mass is 346 g/mol. The van der Waals surface area contributed by atoms with E-state index in [9.17, 15) is 0 Å². The van der Waals surface area contributed by atoms with Gasteiger partial charge in [0.15, 0.2) is 0 Å². The van der Waals surface area contributed by atoms with Crippen LogP contribution in [-0.4, -0.2) is 36.4 Å². The van der Waals surface area contributed by atoms with E-state index >= 15 is 0 Å². The number of hydrogen-bond donors (Lipinski definition) is 1. The number of nitrogens with one attached hydrogen (secondary N) is 1. The highest BCUT2D eigenvalue weighted by Gasteiger charge is 2.42. The lowest BCUT2D eigenvalue weighted by Crippen LogP contribution is -2.41. The van der Waals surface area contributed by atoms with Crippen molar-refractivity contribution in [2.75, 3.05) is 19.7 Å². The molecule has 2 fully saturated rings. The van der Waals surface area contributed by atoms with Crippen LogP contribution in [0.2, 0.25) is 5.02 Å². The van der Waals surface area contributed by atoms with Gasteiger partial charge in [0.2, 0.25) is 5.88 Å². The van der Waals surface area contributed by atoms with Gasteiger partial charge in [-0.1, -0.05) is 11.6 Å². The van der Waals surface area contributed by atoms with Gasteiger partial charge in [-0.2, -0.15) is 0 Å². The number of rotatable bonds is 2. The highest BCUT2D eigenvalue weighted by molar-refractivity contribution is 9.10. The molecule has 19 heavy (non-hydrogen) atoms.